The van der Waals surface area contributed by atoms with E-state index in [4.69, 9.17) is 19.4 Å². The predicted octanol–water partition coefficient (Wildman–Crippen LogP) is 12.5. The maximum Gasteiger partial charge on any atom is 0.127 e. The van der Waals surface area contributed by atoms with Gasteiger partial charge in [-0.2, -0.15) is 0 Å². The lowest BCUT2D eigenvalue weighted by Crippen LogP contribution is -2.08. The topological polar surface area (TPSA) is 92.4 Å². The van der Waals surface area contributed by atoms with Gasteiger partial charge in [0, 0.05) is 47.4 Å². The van der Waals surface area contributed by atoms with Crippen molar-refractivity contribution in [2.75, 3.05) is 35.5 Å². The number of aryl methyl sites for hydroxylation is 2. The molecule has 0 saturated heterocycles. The first-order valence-electron chi connectivity index (χ1n) is 21.2. The van der Waals surface area contributed by atoms with Gasteiger partial charge in [0.15, 0.2) is 0 Å². The number of rotatable bonds is 12. The second-order valence-corrected chi connectivity index (χ2v) is 16.0. The summed E-state index contributed by atoms with van der Waals surface area (Å²) in [5, 5.41) is 15.6. The smallest absolute Gasteiger partial charge is 0.127 e. The highest BCUT2D eigenvalue weighted by Crippen LogP contribution is 2.38. The number of hydrogen-bond acceptors (Lipinski definition) is 8. The van der Waals surface area contributed by atoms with Gasteiger partial charge in [-0.05, 0) is 156 Å². The van der Waals surface area contributed by atoms with Crippen molar-refractivity contribution in [3.63, 3.8) is 0 Å². The molecular formula is C52H46F4N6O2. The van der Waals surface area contributed by atoms with Gasteiger partial charge >= 0.3 is 0 Å². The molecule has 2 heterocycles. The molecular weight excluding hydrogens is 817 g/mol. The molecule has 8 aromatic rings. The molecule has 4 N–H and O–H groups in total. The Morgan fingerprint density at radius 2 is 0.922 bits per heavy atom. The highest BCUT2D eigenvalue weighted by Gasteiger charge is 2.25. The standard InChI is InChI=1S/2C26H23F2N3O/c2*1-32-20-7-5-17-6-9-25(22(17)14-20)31-26-10-8-21-23(3-2-4-24(21)30-26)29-15-16-11-18(27)13-19(28)12-16/h2*2-5,7-8,10-14,25,29H,6,9,15H2,1H3,(H,30,31). The van der Waals surface area contributed by atoms with Gasteiger partial charge in [-0.15, -0.1) is 0 Å². The number of methoxy groups -OCH3 is 2. The van der Waals surface area contributed by atoms with E-state index in [0.717, 1.165) is 94.1 Å². The Morgan fingerprint density at radius 3 is 1.33 bits per heavy atom. The van der Waals surface area contributed by atoms with Crippen LogP contribution in [0.3, 0.4) is 0 Å². The maximum absolute atomic E-state index is 13.5. The van der Waals surface area contributed by atoms with Crippen LogP contribution < -0.4 is 30.7 Å². The van der Waals surface area contributed by atoms with E-state index in [1.54, 1.807) is 14.2 Å². The monoisotopic (exact) mass is 862 g/mol. The summed E-state index contributed by atoms with van der Waals surface area (Å²) >= 11 is 0. The first-order chi connectivity index (χ1) is 31.2. The third-order valence-electron chi connectivity index (χ3n) is 11.8. The average Bonchev–Trinajstić information content (AvgIpc) is 3.89. The third-order valence-corrected chi connectivity index (χ3v) is 11.8. The number of nitrogens with zero attached hydrogens (tertiary/aromatic N) is 2. The quantitative estimate of drug-likeness (QED) is 0.0903. The number of ether oxygens (including phenoxy) is 2. The van der Waals surface area contributed by atoms with Gasteiger partial charge in [0.2, 0.25) is 0 Å². The molecule has 0 amide bonds. The predicted molar refractivity (Wildman–Crippen MR) is 246 cm³/mol. The zero-order valence-electron chi connectivity index (χ0n) is 35.3. The average molecular weight is 863 g/mol. The van der Waals surface area contributed by atoms with Gasteiger partial charge in [-0.1, -0.05) is 24.3 Å². The second kappa shape index (κ2) is 18.6. The van der Waals surface area contributed by atoms with E-state index in [1.165, 1.54) is 46.5 Å². The fourth-order valence-electron chi connectivity index (χ4n) is 8.67. The summed E-state index contributed by atoms with van der Waals surface area (Å²) in [6.45, 7) is 0.628. The Labute approximate surface area is 368 Å². The molecule has 0 fully saturated rings. The Balaban J connectivity index is 0.000000162. The Bertz CT molecular complexity index is 2740. The molecule has 2 aliphatic carbocycles. The molecule has 0 aliphatic heterocycles. The summed E-state index contributed by atoms with van der Waals surface area (Å²) in [7, 11) is 3.36. The molecule has 0 spiro atoms. The Hall–Kier alpha value is -7.34. The van der Waals surface area contributed by atoms with Gasteiger partial charge in [0.1, 0.15) is 46.4 Å². The first-order valence-corrected chi connectivity index (χ1v) is 21.2. The lowest BCUT2D eigenvalue weighted by Gasteiger charge is -2.16. The Kier molecular flexibility index (Phi) is 12.2. The maximum atomic E-state index is 13.5. The van der Waals surface area contributed by atoms with Crippen molar-refractivity contribution in [2.24, 2.45) is 0 Å². The minimum Gasteiger partial charge on any atom is -0.497 e. The molecule has 12 heteroatoms. The SMILES string of the molecule is COc1ccc2c(c1)C(Nc1ccc3c(NCc4cc(F)cc(F)c4)cccc3n1)CC2.COc1ccc2c(c1)C(Nc1ccc3c(NCc4cc(F)cc(F)c4)cccc3n1)CC2. The largest absolute Gasteiger partial charge is 0.497 e. The molecule has 0 bridgehead atoms. The van der Waals surface area contributed by atoms with Gasteiger partial charge in [0.05, 0.1) is 37.3 Å². The summed E-state index contributed by atoms with van der Waals surface area (Å²) < 4.78 is 64.6. The van der Waals surface area contributed by atoms with Crippen LogP contribution in [0.1, 0.15) is 58.3 Å². The number of aromatic nitrogens is 2. The van der Waals surface area contributed by atoms with E-state index in [1.807, 2.05) is 72.8 Å². The summed E-state index contributed by atoms with van der Waals surface area (Å²) in [6.07, 6.45) is 4.07. The van der Waals surface area contributed by atoms with Crippen LogP contribution in [0.15, 0.2) is 133 Å². The summed E-state index contributed by atoms with van der Waals surface area (Å²) in [5.74, 6) is 1.01. The zero-order valence-corrected chi connectivity index (χ0v) is 35.3. The number of fused-ring (bicyclic) bond motifs is 4. The number of halogens is 4. The van der Waals surface area contributed by atoms with Crippen LogP contribution in [0.2, 0.25) is 0 Å². The zero-order chi connectivity index (χ0) is 44.2. The van der Waals surface area contributed by atoms with Crippen LogP contribution in [-0.4, -0.2) is 24.2 Å². The lowest BCUT2D eigenvalue weighted by molar-refractivity contribution is 0.414. The van der Waals surface area contributed by atoms with Crippen molar-refractivity contribution in [2.45, 2.75) is 50.9 Å². The number of nitrogens with one attached hydrogen (secondary N) is 4. The number of pyridine rings is 2. The van der Waals surface area contributed by atoms with Crippen LogP contribution in [-0.2, 0) is 25.9 Å². The van der Waals surface area contributed by atoms with Crippen molar-refractivity contribution in [1.29, 1.82) is 0 Å². The fourth-order valence-corrected chi connectivity index (χ4v) is 8.67. The van der Waals surface area contributed by atoms with E-state index in [0.29, 0.717) is 24.2 Å². The number of benzene rings is 6. The summed E-state index contributed by atoms with van der Waals surface area (Å²) in [4.78, 5) is 9.59. The molecule has 2 atom stereocenters. The number of anilines is 4. The van der Waals surface area contributed by atoms with Gasteiger partial charge < -0.3 is 30.7 Å². The summed E-state index contributed by atoms with van der Waals surface area (Å²) in [6, 6.07) is 39.5. The van der Waals surface area contributed by atoms with Crippen molar-refractivity contribution >= 4 is 44.8 Å². The molecule has 324 valence electrons. The number of hydrogen-bond donors (Lipinski definition) is 4. The minimum atomic E-state index is -0.580. The molecule has 2 aromatic heterocycles. The molecule has 10 rings (SSSR count). The van der Waals surface area contributed by atoms with Crippen LogP contribution >= 0.6 is 0 Å². The highest BCUT2D eigenvalue weighted by atomic mass is 19.1. The lowest BCUT2D eigenvalue weighted by atomic mass is 10.1. The minimum absolute atomic E-state index is 0.189. The van der Waals surface area contributed by atoms with Crippen molar-refractivity contribution in [1.82, 2.24) is 9.97 Å². The summed E-state index contributed by atoms with van der Waals surface area (Å²) in [5.41, 5.74) is 9.68. The molecule has 2 unspecified atom stereocenters. The normalized spacial score (nSPS) is 14.9. The van der Waals surface area contributed by atoms with Crippen LogP contribution in [0.5, 0.6) is 11.5 Å². The van der Waals surface area contributed by atoms with Gasteiger partial charge in [-0.3, -0.25) is 0 Å². The molecule has 0 saturated carbocycles. The first kappa shape index (κ1) is 42.0. The highest BCUT2D eigenvalue weighted by molar-refractivity contribution is 5.93. The Morgan fingerprint density at radius 1 is 0.500 bits per heavy atom. The molecule has 8 nitrogen and oxygen atoms in total. The molecule has 0 radical (unpaired) electrons. The van der Waals surface area contributed by atoms with Crippen molar-refractivity contribution in [3.05, 3.63) is 190 Å². The van der Waals surface area contributed by atoms with Crippen molar-refractivity contribution in [3.8, 4) is 11.5 Å². The van der Waals surface area contributed by atoms with Crippen LogP contribution in [0, 0.1) is 23.3 Å². The van der Waals surface area contributed by atoms with Crippen molar-refractivity contribution < 1.29 is 27.0 Å². The van der Waals surface area contributed by atoms with E-state index >= 15 is 0 Å². The van der Waals surface area contributed by atoms with E-state index < -0.39 is 23.3 Å². The molecule has 6 aromatic carbocycles. The van der Waals surface area contributed by atoms with E-state index in [-0.39, 0.29) is 12.1 Å². The van der Waals surface area contributed by atoms with E-state index in [2.05, 4.69) is 45.5 Å². The van der Waals surface area contributed by atoms with Gasteiger partial charge in [-0.25, -0.2) is 27.5 Å². The van der Waals surface area contributed by atoms with Crippen LogP contribution in [0.4, 0.5) is 40.6 Å². The molecule has 2 aliphatic rings. The fraction of sp³-hybridized carbons (Fsp3) is 0.192. The van der Waals surface area contributed by atoms with E-state index in [9.17, 15) is 17.6 Å². The second-order valence-electron chi connectivity index (χ2n) is 16.0. The van der Waals surface area contributed by atoms with Gasteiger partial charge in [0.25, 0.3) is 0 Å². The third kappa shape index (κ3) is 9.51. The molecule has 64 heavy (non-hydrogen) atoms. The van der Waals surface area contributed by atoms with Crippen LogP contribution in [0.25, 0.3) is 21.8 Å².